The van der Waals surface area contributed by atoms with Crippen molar-refractivity contribution in [2.24, 2.45) is 7.05 Å². The molecule has 0 spiro atoms. The largest absolute Gasteiger partial charge is 0.417 e. The van der Waals surface area contributed by atoms with Crippen molar-refractivity contribution in [3.63, 3.8) is 0 Å². The Morgan fingerprint density at radius 1 is 1.00 bits per heavy atom. The van der Waals surface area contributed by atoms with E-state index in [9.17, 15) is 26.4 Å². The molecule has 6 aromatic rings. The Balaban J connectivity index is 1.55. The Kier molecular flexibility index (Phi) is 6.31. The minimum Gasteiger partial charge on any atom is -0.383 e. The van der Waals surface area contributed by atoms with Crippen LogP contribution in [0.5, 0.6) is 0 Å². The highest BCUT2D eigenvalue weighted by Gasteiger charge is 2.36. The molecule has 0 fully saturated rings. The molecule has 0 aliphatic carbocycles. The number of nitrogens with two attached hydrogens (primary N) is 1. The molecule has 0 aliphatic rings. The number of nitrogens with zero attached hydrogens (tertiary/aromatic N) is 5. The number of carbonyl (C=O) groups is 1. The Hall–Kier alpha value is -4.43. The number of imidazole rings is 1. The predicted molar refractivity (Wildman–Crippen MR) is 154 cm³/mol. The molecule has 0 saturated carbocycles. The fourth-order valence-electron chi connectivity index (χ4n) is 4.79. The Labute approximate surface area is 245 Å². The van der Waals surface area contributed by atoms with E-state index in [2.05, 4.69) is 26.0 Å². The van der Waals surface area contributed by atoms with Crippen LogP contribution in [0.25, 0.3) is 27.6 Å². The molecule has 2 N–H and O–H groups in total. The number of rotatable bonds is 5. The SMILES string of the molecule is Cc1ccc(S(=O)(=O)n2c(C(=O)c3cnn(-c4ccc5c(c4)ncn5C)c3N)cc3cc(Br)c(C(F)(F)F)cc32)cc1. The molecule has 3 aromatic carbocycles. The van der Waals surface area contributed by atoms with Crippen LogP contribution in [-0.2, 0) is 23.2 Å². The summed E-state index contributed by atoms with van der Waals surface area (Å²) in [4.78, 5) is 18.1. The van der Waals surface area contributed by atoms with Crippen molar-refractivity contribution in [2.75, 3.05) is 5.73 Å². The minimum atomic E-state index is -4.79. The van der Waals surface area contributed by atoms with Gasteiger partial charge in [0.2, 0.25) is 5.78 Å². The molecule has 0 saturated heterocycles. The Morgan fingerprint density at radius 2 is 1.71 bits per heavy atom. The summed E-state index contributed by atoms with van der Waals surface area (Å²) in [6.07, 6.45) is -1.95. The second-order valence-corrected chi connectivity index (χ2v) is 12.4. The summed E-state index contributed by atoms with van der Waals surface area (Å²) >= 11 is 2.93. The van der Waals surface area contributed by atoms with Crippen molar-refractivity contribution in [1.29, 1.82) is 0 Å². The van der Waals surface area contributed by atoms with Gasteiger partial charge in [-0.05, 0) is 55.5 Å². The van der Waals surface area contributed by atoms with Crippen LogP contribution in [0.4, 0.5) is 19.0 Å². The zero-order valence-electron chi connectivity index (χ0n) is 21.9. The summed E-state index contributed by atoms with van der Waals surface area (Å²) in [6.45, 7) is 1.76. The smallest absolute Gasteiger partial charge is 0.383 e. The monoisotopic (exact) mass is 656 g/mol. The van der Waals surface area contributed by atoms with E-state index in [4.69, 9.17) is 5.73 Å². The second kappa shape index (κ2) is 9.56. The summed E-state index contributed by atoms with van der Waals surface area (Å²) < 4.78 is 72.8. The van der Waals surface area contributed by atoms with Gasteiger partial charge in [-0.2, -0.15) is 18.3 Å². The van der Waals surface area contributed by atoms with E-state index in [1.54, 1.807) is 37.5 Å². The molecular formula is C28H20BrF3N6O3S. The third kappa shape index (κ3) is 4.38. The molecule has 6 rings (SSSR count). The van der Waals surface area contributed by atoms with Gasteiger partial charge in [0, 0.05) is 16.9 Å². The van der Waals surface area contributed by atoms with E-state index in [0.29, 0.717) is 21.2 Å². The fourth-order valence-corrected chi connectivity index (χ4v) is 6.88. The second-order valence-electron chi connectivity index (χ2n) is 9.71. The molecule has 42 heavy (non-hydrogen) atoms. The average Bonchev–Trinajstić information content (AvgIpc) is 3.62. The van der Waals surface area contributed by atoms with Crippen LogP contribution in [0, 0.1) is 6.92 Å². The lowest BCUT2D eigenvalue weighted by Gasteiger charge is -2.14. The summed E-state index contributed by atoms with van der Waals surface area (Å²) in [5, 5.41) is 4.34. The highest BCUT2D eigenvalue weighted by molar-refractivity contribution is 9.10. The predicted octanol–water partition coefficient (Wildman–Crippen LogP) is 5.85. The standard InChI is InChI=1S/C28H20BrF3N6O3S/c1-15-3-6-18(7-4-15)42(40,41)38-24-12-20(28(30,31)32)21(29)9-16(24)10-25(38)26(39)19-13-35-37(27(19)33)17-5-8-23-22(11-17)34-14-36(23)2/h3-14H,33H2,1-2H3. The first-order chi connectivity index (χ1) is 19.8. The number of benzene rings is 3. The Morgan fingerprint density at radius 3 is 2.40 bits per heavy atom. The first-order valence-corrected chi connectivity index (χ1v) is 14.5. The number of ketones is 1. The topological polar surface area (TPSA) is 118 Å². The highest BCUT2D eigenvalue weighted by Crippen LogP contribution is 2.39. The van der Waals surface area contributed by atoms with Crippen molar-refractivity contribution in [1.82, 2.24) is 23.3 Å². The fraction of sp³-hybridized carbons (Fsp3) is 0.107. The lowest BCUT2D eigenvalue weighted by Crippen LogP contribution is -2.20. The van der Waals surface area contributed by atoms with E-state index in [1.807, 2.05) is 17.7 Å². The molecule has 9 nitrogen and oxygen atoms in total. The average molecular weight is 657 g/mol. The zero-order valence-corrected chi connectivity index (χ0v) is 24.3. The van der Waals surface area contributed by atoms with E-state index < -0.39 is 33.2 Å². The van der Waals surface area contributed by atoms with Gasteiger partial charge in [-0.25, -0.2) is 22.1 Å². The van der Waals surface area contributed by atoms with Crippen molar-refractivity contribution in [3.05, 3.63) is 100 Å². The normalized spacial score (nSPS) is 12.4. The van der Waals surface area contributed by atoms with Crippen molar-refractivity contribution >= 4 is 59.5 Å². The van der Waals surface area contributed by atoms with Gasteiger partial charge < -0.3 is 10.3 Å². The van der Waals surface area contributed by atoms with Gasteiger partial charge in [0.25, 0.3) is 10.0 Å². The van der Waals surface area contributed by atoms with Crippen LogP contribution >= 0.6 is 15.9 Å². The molecule has 3 heterocycles. The number of hydrogen-bond acceptors (Lipinski definition) is 6. The maximum absolute atomic E-state index is 13.9. The number of carbonyl (C=O) groups excluding carboxylic acids is 1. The molecule has 14 heteroatoms. The molecule has 3 aromatic heterocycles. The molecule has 214 valence electrons. The van der Waals surface area contributed by atoms with Gasteiger partial charge in [0.05, 0.1) is 50.8 Å². The molecular weight excluding hydrogens is 637 g/mol. The van der Waals surface area contributed by atoms with Gasteiger partial charge >= 0.3 is 6.18 Å². The summed E-state index contributed by atoms with van der Waals surface area (Å²) in [6, 6.07) is 14.1. The lowest BCUT2D eigenvalue weighted by atomic mass is 10.1. The maximum Gasteiger partial charge on any atom is 0.417 e. The highest BCUT2D eigenvalue weighted by atomic mass is 79.9. The first kappa shape index (κ1) is 27.7. The van der Waals surface area contributed by atoms with Crippen molar-refractivity contribution in [2.45, 2.75) is 18.0 Å². The van der Waals surface area contributed by atoms with E-state index in [0.717, 1.165) is 17.1 Å². The van der Waals surface area contributed by atoms with Crippen LogP contribution in [0.15, 0.2) is 82.6 Å². The minimum absolute atomic E-state index is 0.0861. The first-order valence-electron chi connectivity index (χ1n) is 12.3. The third-order valence-electron chi connectivity index (χ3n) is 6.95. The maximum atomic E-state index is 13.9. The lowest BCUT2D eigenvalue weighted by molar-refractivity contribution is -0.138. The molecule has 0 bridgehead atoms. The van der Waals surface area contributed by atoms with Gasteiger partial charge in [0.15, 0.2) is 0 Å². The van der Waals surface area contributed by atoms with Crippen molar-refractivity contribution < 1.29 is 26.4 Å². The van der Waals surface area contributed by atoms with E-state index in [1.165, 1.54) is 29.1 Å². The molecule has 0 aliphatic heterocycles. The zero-order chi connectivity index (χ0) is 30.1. The molecule has 0 radical (unpaired) electrons. The number of aryl methyl sites for hydroxylation is 2. The van der Waals surface area contributed by atoms with Crippen LogP contribution < -0.4 is 5.73 Å². The number of alkyl halides is 3. The van der Waals surface area contributed by atoms with Gasteiger partial charge in [-0.3, -0.25) is 4.79 Å². The quantitative estimate of drug-likeness (QED) is 0.233. The third-order valence-corrected chi connectivity index (χ3v) is 9.35. The van der Waals surface area contributed by atoms with Gasteiger partial charge in [-0.15, -0.1) is 0 Å². The van der Waals surface area contributed by atoms with Gasteiger partial charge in [0.1, 0.15) is 11.5 Å². The molecule has 0 amide bonds. The number of hydrogen-bond donors (Lipinski definition) is 1. The van der Waals surface area contributed by atoms with Crippen LogP contribution in [-0.4, -0.2) is 37.5 Å². The van der Waals surface area contributed by atoms with Crippen LogP contribution in [0.3, 0.4) is 0 Å². The molecule has 0 unspecified atom stereocenters. The number of fused-ring (bicyclic) bond motifs is 2. The number of anilines is 1. The van der Waals surface area contributed by atoms with Crippen molar-refractivity contribution in [3.8, 4) is 5.69 Å². The number of aromatic nitrogens is 5. The van der Waals surface area contributed by atoms with E-state index >= 15 is 0 Å². The Bertz CT molecular complexity index is 2160. The van der Waals surface area contributed by atoms with Gasteiger partial charge in [-0.1, -0.05) is 33.6 Å². The number of halogens is 4. The number of nitrogen functional groups attached to an aromatic ring is 1. The van der Waals surface area contributed by atoms with Crippen LogP contribution in [0.2, 0.25) is 0 Å². The van der Waals surface area contributed by atoms with Crippen LogP contribution in [0.1, 0.15) is 27.2 Å². The van der Waals surface area contributed by atoms with E-state index in [-0.39, 0.29) is 31.7 Å². The summed E-state index contributed by atoms with van der Waals surface area (Å²) in [5.41, 5.74) is 7.20. The summed E-state index contributed by atoms with van der Waals surface area (Å²) in [7, 11) is -2.70. The summed E-state index contributed by atoms with van der Waals surface area (Å²) in [5.74, 6) is -0.925. The molecule has 0 atom stereocenters.